The van der Waals surface area contributed by atoms with Crippen molar-refractivity contribution in [3.05, 3.63) is 35.2 Å². The number of benzene rings is 1. The summed E-state index contributed by atoms with van der Waals surface area (Å²) in [6, 6.07) is 6.37. The van der Waals surface area contributed by atoms with Crippen molar-refractivity contribution in [1.82, 2.24) is 4.98 Å². The van der Waals surface area contributed by atoms with Crippen LogP contribution in [0.1, 0.15) is 17.0 Å². The molecule has 0 fully saturated rings. The molecule has 0 unspecified atom stereocenters. The number of hydrogen-bond acceptors (Lipinski definition) is 5. The van der Waals surface area contributed by atoms with Crippen LogP contribution in [0.15, 0.2) is 22.6 Å². The molecule has 0 amide bonds. The van der Waals surface area contributed by atoms with Crippen LogP contribution in [0.3, 0.4) is 0 Å². The van der Waals surface area contributed by atoms with E-state index in [1.165, 1.54) is 0 Å². The molecule has 0 saturated heterocycles. The Kier molecular flexibility index (Phi) is 3.94. The van der Waals surface area contributed by atoms with Gasteiger partial charge in [-0.3, -0.25) is 0 Å². The Morgan fingerprint density at radius 1 is 1.21 bits per heavy atom. The fourth-order valence-electron chi connectivity index (χ4n) is 1.88. The first-order valence-corrected chi connectivity index (χ1v) is 6.03. The minimum absolute atomic E-state index is 0.535. The number of nitrogens with zero attached hydrogens (tertiary/aromatic N) is 1. The SMILES string of the molecule is CNc1nc(Cc2ccc(OC)c(OC)c2)c(C)o1. The molecule has 0 aliphatic carbocycles. The van der Waals surface area contributed by atoms with Crippen LogP contribution in [0.2, 0.25) is 0 Å². The molecule has 1 aromatic carbocycles. The van der Waals surface area contributed by atoms with E-state index in [9.17, 15) is 0 Å². The van der Waals surface area contributed by atoms with E-state index in [2.05, 4.69) is 10.3 Å². The topological polar surface area (TPSA) is 56.5 Å². The zero-order valence-corrected chi connectivity index (χ0v) is 11.6. The third-order valence-electron chi connectivity index (χ3n) is 2.93. The van der Waals surface area contributed by atoms with Gasteiger partial charge in [0.15, 0.2) is 11.5 Å². The highest BCUT2D eigenvalue weighted by Gasteiger charge is 2.11. The van der Waals surface area contributed by atoms with Gasteiger partial charge in [-0.1, -0.05) is 6.07 Å². The van der Waals surface area contributed by atoms with E-state index in [0.29, 0.717) is 12.4 Å². The highest BCUT2D eigenvalue weighted by atomic mass is 16.5. The monoisotopic (exact) mass is 262 g/mol. The molecule has 0 saturated carbocycles. The maximum Gasteiger partial charge on any atom is 0.294 e. The van der Waals surface area contributed by atoms with Gasteiger partial charge in [0.25, 0.3) is 6.01 Å². The third kappa shape index (κ3) is 2.81. The standard InChI is InChI=1S/C14H18N2O3/c1-9-11(16-14(15-2)19-9)7-10-5-6-12(17-3)13(8-10)18-4/h5-6,8H,7H2,1-4H3,(H,15,16). The van der Waals surface area contributed by atoms with Gasteiger partial charge in [-0.2, -0.15) is 4.98 Å². The Morgan fingerprint density at radius 2 is 1.95 bits per heavy atom. The van der Waals surface area contributed by atoms with E-state index < -0.39 is 0 Å². The molecule has 1 N–H and O–H groups in total. The lowest BCUT2D eigenvalue weighted by Gasteiger charge is -2.08. The third-order valence-corrected chi connectivity index (χ3v) is 2.93. The van der Waals surface area contributed by atoms with Crippen LogP contribution in [0, 0.1) is 6.92 Å². The average molecular weight is 262 g/mol. The highest BCUT2D eigenvalue weighted by molar-refractivity contribution is 5.44. The number of aromatic nitrogens is 1. The van der Waals surface area contributed by atoms with Crippen molar-refractivity contribution in [3.63, 3.8) is 0 Å². The highest BCUT2D eigenvalue weighted by Crippen LogP contribution is 2.29. The number of oxazole rings is 1. The molecule has 1 aromatic heterocycles. The molecule has 0 bridgehead atoms. The van der Waals surface area contributed by atoms with Crippen LogP contribution in [0.5, 0.6) is 11.5 Å². The molecule has 19 heavy (non-hydrogen) atoms. The summed E-state index contributed by atoms with van der Waals surface area (Å²) in [4.78, 5) is 4.37. The maximum absolute atomic E-state index is 5.46. The van der Waals surface area contributed by atoms with Crippen molar-refractivity contribution < 1.29 is 13.9 Å². The van der Waals surface area contributed by atoms with E-state index in [1.54, 1.807) is 21.3 Å². The number of ether oxygens (including phenoxy) is 2. The average Bonchev–Trinajstić information content (AvgIpc) is 2.79. The van der Waals surface area contributed by atoms with Gasteiger partial charge in [-0.25, -0.2) is 0 Å². The van der Waals surface area contributed by atoms with E-state index in [0.717, 1.165) is 28.5 Å². The Labute approximate surface area is 112 Å². The van der Waals surface area contributed by atoms with Gasteiger partial charge in [0.05, 0.1) is 19.9 Å². The lowest BCUT2D eigenvalue weighted by Crippen LogP contribution is -1.95. The predicted octanol–water partition coefficient (Wildman–Crippen LogP) is 2.63. The first kappa shape index (κ1) is 13.3. The van der Waals surface area contributed by atoms with Crippen molar-refractivity contribution in [2.45, 2.75) is 13.3 Å². The minimum atomic E-state index is 0.535. The molecule has 2 rings (SSSR count). The Hall–Kier alpha value is -2.17. The van der Waals surface area contributed by atoms with E-state index in [4.69, 9.17) is 13.9 Å². The number of nitrogens with one attached hydrogen (secondary N) is 1. The summed E-state index contributed by atoms with van der Waals surface area (Å²) in [5.41, 5.74) is 2.01. The van der Waals surface area contributed by atoms with Gasteiger partial charge in [0.1, 0.15) is 5.76 Å². The lowest BCUT2D eigenvalue weighted by molar-refractivity contribution is 0.354. The number of aryl methyl sites for hydroxylation is 1. The van der Waals surface area contributed by atoms with Crippen molar-refractivity contribution >= 4 is 6.01 Å². The fourth-order valence-corrected chi connectivity index (χ4v) is 1.88. The van der Waals surface area contributed by atoms with Crippen molar-refractivity contribution in [3.8, 4) is 11.5 Å². The zero-order chi connectivity index (χ0) is 13.8. The number of rotatable bonds is 5. The maximum atomic E-state index is 5.46. The van der Waals surface area contributed by atoms with Crippen LogP contribution in [-0.2, 0) is 6.42 Å². The zero-order valence-electron chi connectivity index (χ0n) is 11.6. The molecule has 0 spiro atoms. The molecule has 102 valence electrons. The normalized spacial score (nSPS) is 10.3. The van der Waals surface area contributed by atoms with Crippen LogP contribution >= 0.6 is 0 Å². The summed E-state index contributed by atoms with van der Waals surface area (Å²) in [7, 11) is 5.03. The number of methoxy groups -OCH3 is 2. The second kappa shape index (κ2) is 5.65. The first-order chi connectivity index (χ1) is 9.17. The number of anilines is 1. The van der Waals surface area contributed by atoms with Crippen LogP contribution in [0.25, 0.3) is 0 Å². The molecule has 0 aliphatic rings. The minimum Gasteiger partial charge on any atom is -0.493 e. The quantitative estimate of drug-likeness (QED) is 0.897. The first-order valence-electron chi connectivity index (χ1n) is 6.03. The second-order valence-electron chi connectivity index (χ2n) is 4.14. The summed E-state index contributed by atoms with van der Waals surface area (Å²) in [6.45, 7) is 1.91. The Balaban J connectivity index is 2.25. The van der Waals surface area contributed by atoms with Crippen molar-refractivity contribution in [2.75, 3.05) is 26.6 Å². The van der Waals surface area contributed by atoms with Crippen molar-refractivity contribution in [2.24, 2.45) is 0 Å². The molecule has 5 heteroatoms. The summed E-state index contributed by atoms with van der Waals surface area (Å²) >= 11 is 0. The summed E-state index contributed by atoms with van der Waals surface area (Å²) in [5, 5.41) is 2.89. The van der Waals surface area contributed by atoms with Crippen molar-refractivity contribution in [1.29, 1.82) is 0 Å². The summed E-state index contributed by atoms with van der Waals surface area (Å²) in [6.07, 6.45) is 0.692. The molecular formula is C14H18N2O3. The van der Waals surface area contributed by atoms with Gasteiger partial charge in [-0.15, -0.1) is 0 Å². The van der Waals surface area contributed by atoms with E-state index >= 15 is 0 Å². The van der Waals surface area contributed by atoms with Crippen LogP contribution < -0.4 is 14.8 Å². The fraction of sp³-hybridized carbons (Fsp3) is 0.357. The molecule has 5 nitrogen and oxygen atoms in total. The van der Waals surface area contributed by atoms with Gasteiger partial charge in [-0.05, 0) is 24.6 Å². The molecule has 0 aliphatic heterocycles. The number of hydrogen-bond donors (Lipinski definition) is 1. The van der Waals surface area contributed by atoms with Gasteiger partial charge in [0.2, 0.25) is 0 Å². The molecule has 2 aromatic rings. The van der Waals surface area contributed by atoms with Gasteiger partial charge >= 0.3 is 0 Å². The van der Waals surface area contributed by atoms with E-state index in [1.807, 2.05) is 25.1 Å². The predicted molar refractivity (Wildman–Crippen MR) is 73.1 cm³/mol. The van der Waals surface area contributed by atoms with Gasteiger partial charge in [0, 0.05) is 13.5 Å². The Bertz CT molecular complexity index is 564. The second-order valence-corrected chi connectivity index (χ2v) is 4.14. The summed E-state index contributed by atoms with van der Waals surface area (Å²) < 4.78 is 16.0. The molecule has 0 radical (unpaired) electrons. The lowest BCUT2D eigenvalue weighted by atomic mass is 10.1. The summed E-state index contributed by atoms with van der Waals surface area (Å²) in [5.74, 6) is 2.26. The largest absolute Gasteiger partial charge is 0.493 e. The molecule has 1 heterocycles. The van der Waals surface area contributed by atoms with E-state index in [-0.39, 0.29) is 0 Å². The smallest absolute Gasteiger partial charge is 0.294 e. The van der Waals surface area contributed by atoms with Gasteiger partial charge < -0.3 is 19.2 Å². The Morgan fingerprint density at radius 3 is 2.53 bits per heavy atom. The molecule has 0 atom stereocenters. The molecular weight excluding hydrogens is 244 g/mol. The van der Waals surface area contributed by atoms with Crippen LogP contribution in [0.4, 0.5) is 6.01 Å². The van der Waals surface area contributed by atoms with Crippen LogP contribution in [-0.4, -0.2) is 26.3 Å².